The molecule has 16 heteroatoms. The van der Waals surface area contributed by atoms with Gasteiger partial charge in [-0.05, 0) is 62.4 Å². The Kier molecular flexibility index (Phi) is 10.7. The number of alkyl carbamates (subject to hydrolysis) is 1. The fourth-order valence-corrected chi connectivity index (χ4v) is 5.71. The first-order valence-electron chi connectivity index (χ1n) is 15.6. The van der Waals surface area contributed by atoms with E-state index in [0.717, 1.165) is 12.1 Å². The topological polar surface area (TPSA) is 148 Å². The molecule has 2 N–H and O–H groups in total. The second-order valence-corrected chi connectivity index (χ2v) is 11.4. The molecule has 0 radical (unpaired) electrons. The summed E-state index contributed by atoms with van der Waals surface area (Å²) in [6.45, 7) is 3.93. The molecule has 0 aliphatic carbocycles. The van der Waals surface area contributed by atoms with E-state index < -0.39 is 41.4 Å². The van der Waals surface area contributed by atoms with Gasteiger partial charge < -0.3 is 34.8 Å². The van der Waals surface area contributed by atoms with Crippen LogP contribution in [0.25, 0.3) is 10.9 Å². The highest BCUT2D eigenvalue weighted by Crippen LogP contribution is 2.37. The van der Waals surface area contributed by atoms with E-state index in [2.05, 4.69) is 15.4 Å². The van der Waals surface area contributed by atoms with Crippen LogP contribution in [0.15, 0.2) is 65.5 Å². The number of methoxy groups -OCH3 is 3. The number of ether oxygens (including phenoxy) is 3. The third kappa shape index (κ3) is 7.38. The lowest BCUT2D eigenvalue weighted by Crippen LogP contribution is -2.59. The summed E-state index contributed by atoms with van der Waals surface area (Å²) in [6.07, 6.45) is -0.741. The summed E-state index contributed by atoms with van der Waals surface area (Å²) in [6, 6.07) is 11.1. The number of halogens is 2. The van der Waals surface area contributed by atoms with Crippen LogP contribution < -0.4 is 35.6 Å². The molecule has 264 valence electrons. The van der Waals surface area contributed by atoms with Gasteiger partial charge in [-0.25, -0.2) is 28.0 Å². The summed E-state index contributed by atoms with van der Waals surface area (Å²) in [5, 5.41) is 7.07. The molecule has 1 fully saturated rings. The van der Waals surface area contributed by atoms with Crippen LogP contribution >= 0.6 is 0 Å². The normalized spacial score (nSPS) is 14.1. The third-order valence-electron chi connectivity index (χ3n) is 8.30. The first-order valence-corrected chi connectivity index (χ1v) is 15.6. The Morgan fingerprint density at radius 1 is 0.880 bits per heavy atom. The lowest BCUT2D eigenvalue weighted by molar-refractivity contribution is -0.133. The van der Waals surface area contributed by atoms with Gasteiger partial charge in [-0.15, -0.1) is 0 Å². The zero-order valence-electron chi connectivity index (χ0n) is 28.1. The number of benzene rings is 3. The summed E-state index contributed by atoms with van der Waals surface area (Å²) in [7, 11) is 4.11. The third-order valence-corrected chi connectivity index (χ3v) is 8.30. The molecule has 3 aromatic carbocycles. The van der Waals surface area contributed by atoms with E-state index in [0.29, 0.717) is 11.4 Å². The monoisotopic (exact) mass is 693 g/mol. The maximum absolute atomic E-state index is 14.5. The Morgan fingerprint density at radius 2 is 1.56 bits per heavy atom. The van der Waals surface area contributed by atoms with Gasteiger partial charge in [0.15, 0.2) is 5.82 Å². The molecular formula is C34H37F2N7O7. The van der Waals surface area contributed by atoms with Gasteiger partial charge in [0, 0.05) is 30.9 Å². The maximum atomic E-state index is 14.5. The number of anilines is 2. The van der Waals surface area contributed by atoms with Gasteiger partial charge in [-0.3, -0.25) is 14.5 Å². The van der Waals surface area contributed by atoms with Gasteiger partial charge in [-0.1, -0.05) is 0 Å². The Balaban J connectivity index is 1.59. The fraction of sp³-hybridized carbons (Fsp3) is 0.324. The molecule has 2 atom stereocenters. The van der Waals surface area contributed by atoms with E-state index in [4.69, 9.17) is 14.5 Å². The predicted octanol–water partition coefficient (Wildman–Crippen LogP) is 4.02. The average Bonchev–Trinajstić information content (AvgIpc) is 3.12. The average molecular weight is 694 g/mol. The van der Waals surface area contributed by atoms with Crippen molar-refractivity contribution < 1.29 is 37.4 Å². The molecule has 2 unspecified atom stereocenters. The lowest BCUT2D eigenvalue weighted by Gasteiger charge is -2.39. The summed E-state index contributed by atoms with van der Waals surface area (Å²) in [5.74, 6) is -0.633. The van der Waals surface area contributed by atoms with E-state index in [-0.39, 0.29) is 60.3 Å². The number of carbonyl (C=O) groups excluding carboxylic acids is 3. The van der Waals surface area contributed by atoms with Gasteiger partial charge in [0.1, 0.15) is 29.2 Å². The predicted molar refractivity (Wildman–Crippen MR) is 181 cm³/mol. The van der Waals surface area contributed by atoms with Gasteiger partial charge in [0.05, 0.1) is 57.1 Å². The van der Waals surface area contributed by atoms with Crippen LogP contribution in [0, 0.1) is 11.6 Å². The van der Waals surface area contributed by atoms with Crippen molar-refractivity contribution >= 4 is 40.3 Å². The van der Waals surface area contributed by atoms with Crippen molar-refractivity contribution in [1.29, 1.82) is 0 Å². The molecule has 1 saturated heterocycles. The van der Waals surface area contributed by atoms with Crippen molar-refractivity contribution in [1.82, 2.24) is 19.9 Å². The summed E-state index contributed by atoms with van der Waals surface area (Å²) in [4.78, 5) is 60.7. The number of carbonyl (C=O) groups is 3. The molecule has 14 nitrogen and oxygen atoms in total. The van der Waals surface area contributed by atoms with Crippen LogP contribution in [0.3, 0.4) is 0 Å². The van der Waals surface area contributed by atoms with Gasteiger partial charge in [0.2, 0.25) is 5.91 Å². The molecular weight excluding hydrogens is 656 g/mol. The number of aromatic nitrogens is 2. The Morgan fingerprint density at radius 3 is 2.20 bits per heavy atom. The lowest BCUT2D eigenvalue weighted by atomic mass is 10.1. The number of urea groups is 1. The number of nitrogens with zero attached hydrogens (tertiary/aromatic N) is 5. The molecule has 4 aromatic rings. The number of piperazine rings is 1. The standard InChI is InChI=1S/C34H37F2N7O7/c1-20(37-34(47)50-5)31(44)40-14-16-41(17-15-40)43-30(39-27-18-23(36)8-12-26(27)32(43)45)21(2)42(28-13-11-25(48-3)19-29(28)49-4)33(46)38-24-9-6-22(35)7-10-24/h6-13,18-21H,14-17H2,1-5H3,(H,37,47)(H,38,46). The molecule has 1 aliphatic heterocycles. The minimum Gasteiger partial charge on any atom is -0.497 e. The van der Waals surface area contributed by atoms with Crippen molar-refractivity contribution in [2.75, 3.05) is 62.7 Å². The van der Waals surface area contributed by atoms with Gasteiger partial charge in [-0.2, -0.15) is 0 Å². The molecule has 0 saturated carbocycles. The number of amides is 4. The largest absolute Gasteiger partial charge is 0.497 e. The summed E-state index contributed by atoms with van der Waals surface area (Å²) in [5.41, 5.74) is 0.134. The van der Waals surface area contributed by atoms with Gasteiger partial charge in [0.25, 0.3) is 5.56 Å². The van der Waals surface area contributed by atoms with E-state index in [1.165, 1.54) is 61.2 Å². The number of hydrogen-bond acceptors (Lipinski definition) is 9. The Bertz CT molecular complexity index is 1950. The van der Waals surface area contributed by atoms with Crippen LogP contribution in [0.1, 0.15) is 25.7 Å². The van der Waals surface area contributed by atoms with E-state index in [1.807, 2.05) is 0 Å². The zero-order chi connectivity index (χ0) is 36.1. The van der Waals surface area contributed by atoms with Crippen LogP contribution in [0.2, 0.25) is 0 Å². The maximum Gasteiger partial charge on any atom is 0.407 e. The van der Waals surface area contributed by atoms with E-state index in [1.54, 1.807) is 42.0 Å². The van der Waals surface area contributed by atoms with Crippen molar-refractivity contribution in [3.63, 3.8) is 0 Å². The van der Waals surface area contributed by atoms with Gasteiger partial charge >= 0.3 is 12.1 Å². The van der Waals surface area contributed by atoms with Crippen molar-refractivity contribution in [3.8, 4) is 11.5 Å². The Hall–Kier alpha value is -5.93. The molecule has 1 aromatic heterocycles. The van der Waals surface area contributed by atoms with Crippen LogP contribution in [0.5, 0.6) is 11.5 Å². The second-order valence-electron chi connectivity index (χ2n) is 11.4. The van der Waals surface area contributed by atoms with E-state index in [9.17, 15) is 28.0 Å². The highest BCUT2D eigenvalue weighted by molar-refractivity contribution is 6.03. The van der Waals surface area contributed by atoms with Crippen LogP contribution in [0.4, 0.5) is 29.7 Å². The molecule has 5 rings (SSSR count). The highest BCUT2D eigenvalue weighted by atomic mass is 19.1. The minimum absolute atomic E-state index is 0.0743. The molecule has 0 bridgehead atoms. The minimum atomic E-state index is -1.01. The van der Waals surface area contributed by atoms with Crippen LogP contribution in [-0.4, -0.2) is 86.1 Å². The molecule has 2 heterocycles. The molecule has 1 aliphatic rings. The molecule has 4 amide bonds. The second kappa shape index (κ2) is 15.1. The van der Waals surface area contributed by atoms with Crippen molar-refractivity contribution in [2.45, 2.75) is 25.9 Å². The number of rotatable bonds is 9. The molecule has 50 heavy (non-hydrogen) atoms. The SMILES string of the molecule is COC(=O)NC(C)C(=O)N1CCN(n2c(C(C)N(C(=O)Nc3ccc(F)cc3)c3ccc(OC)cc3OC)nc3cc(F)ccc3c2=O)CC1. The quantitative estimate of drug-likeness (QED) is 0.265. The fourth-order valence-electron chi connectivity index (χ4n) is 5.71. The van der Waals surface area contributed by atoms with E-state index >= 15 is 0 Å². The Labute approximate surface area is 286 Å². The van der Waals surface area contributed by atoms with Crippen LogP contribution in [-0.2, 0) is 9.53 Å². The summed E-state index contributed by atoms with van der Waals surface area (Å²) < 4.78 is 45.1. The van der Waals surface area contributed by atoms with Crippen molar-refractivity contribution in [3.05, 3.63) is 88.5 Å². The first-order chi connectivity index (χ1) is 23.9. The molecule has 0 spiro atoms. The highest BCUT2D eigenvalue weighted by Gasteiger charge is 2.33. The smallest absolute Gasteiger partial charge is 0.407 e. The summed E-state index contributed by atoms with van der Waals surface area (Å²) >= 11 is 0. The number of nitrogens with one attached hydrogen (secondary N) is 2. The number of fused-ring (bicyclic) bond motifs is 1. The first kappa shape index (κ1) is 35.4. The zero-order valence-corrected chi connectivity index (χ0v) is 28.1. The van der Waals surface area contributed by atoms with Crippen molar-refractivity contribution in [2.24, 2.45) is 0 Å². The number of hydrogen-bond donors (Lipinski definition) is 2.